The normalized spacial score (nSPS) is 26.6. The average Bonchev–Trinajstić information content (AvgIpc) is 2.71. The van der Waals surface area contributed by atoms with Crippen molar-refractivity contribution in [1.29, 1.82) is 0 Å². The van der Waals surface area contributed by atoms with Crippen molar-refractivity contribution in [3.63, 3.8) is 0 Å². The number of hydrogen-bond donors (Lipinski definition) is 1. The first-order valence-corrected chi connectivity index (χ1v) is 7.74. The van der Waals surface area contributed by atoms with Crippen LogP contribution in [0.25, 0.3) is 0 Å². The highest BCUT2D eigenvalue weighted by Crippen LogP contribution is 2.30. The molecule has 2 saturated heterocycles. The predicted molar refractivity (Wildman–Crippen MR) is 82.4 cm³/mol. The van der Waals surface area contributed by atoms with Crippen molar-refractivity contribution in [2.45, 2.75) is 44.7 Å². The fourth-order valence-corrected chi connectivity index (χ4v) is 3.45. The first-order chi connectivity index (χ1) is 9.71. The van der Waals surface area contributed by atoms with Gasteiger partial charge in [-0.25, -0.2) is 9.97 Å². The lowest BCUT2D eigenvalue weighted by atomic mass is 10.1. The van der Waals surface area contributed by atoms with E-state index in [4.69, 9.17) is 4.98 Å². The smallest absolute Gasteiger partial charge is 0.134 e. The summed E-state index contributed by atoms with van der Waals surface area (Å²) in [4.78, 5) is 14.2. The molecule has 5 heteroatoms. The number of anilines is 2. The van der Waals surface area contributed by atoms with Crippen LogP contribution in [0.5, 0.6) is 0 Å². The molecule has 2 aliphatic rings. The Morgan fingerprint density at radius 2 is 2.05 bits per heavy atom. The monoisotopic (exact) mass is 275 g/mol. The van der Waals surface area contributed by atoms with Gasteiger partial charge in [-0.15, -0.1) is 0 Å². The van der Waals surface area contributed by atoms with E-state index in [1.54, 1.807) is 0 Å². The van der Waals surface area contributed by atoms with Crippen molar-refractivity contribution in [3.8, 4) is 0 Å². The Kier molecular flexibility index (Phi) is 3.78. The molecule has 1 aromatic rings. The maximum atomic E-state index is 4.73. The van der Waals surface area contributed by atoms with E-state index in [0.29, 0.717) is 6.04 Å². The lowest BCUT2D eigenvalue weighted by Gasteiger charge is -2.27. The molecular weight excluding hydrogens is 250 g/mol. The van der Waals surface area contributed by atoms with Gasteiger partial charge in [0.2, 0.25) is 0 Å². The van der Waals surface area contributed by atoms with Crippen molar-refractivity contribution in [3.05, 3.63) is 11.9 Å². The summed E-state index contributed by atoms with van der Waals surface area (Å²) in [5, 5.41) is 3.15. The van der Waals surface area contributed by atoms with E-state index < -0.39 is 0 Å². The summed E-state index contributed by atoms with van der Waals surface area (Å²) >= 11 is 0. The van der Waals surface area contributed by atoms with E-state index in [1.807, 2.05) is 7.05 Å². The second kappa shape index (κ2) is 5.56. The fraction of sp³-hybridized carbons (Fsp3) is 0.733. The molecule has 0 saturated carbocycles. The Hall–Kier alpha value is -1.36. The Bertz CT molecular complexity index is 453. The highest BCUT2D eigenvalue weighted by Gasteiger charge is 2.35. The molecule has 0 amide bonds. The van der Waals surface area contributed by atoms with Gasteiger partial charge in [0.1, 0.15) is 17.5 Å². The lowest BCUT2D eigenvalue weighted by molar-refractivity contribution is 0.254. The number of hydrogen-bond acceptors (Lipinski definition) is 5. The van der Waals surface area contributed by atoms with Crippen molar-refractivity contribution >= 4 is 11.6 Å². The first kappa shape index (κ1) is 13.6. The zero-order chi connectivity index (χ0) is 14.1. The van der Waals surface area contributed by atoms with Gasteiger partial charge in [-0.2, -0.15) is 0 Å². The second-order valence-corrected chi connectivity index (χ2v) is 5.92. The second-order valence-electron chi connectivity index (χ2n) is 5.92. The molecule has 5 nitrogen and oxygen atoms in total. The van der Waals surface area contributed by atoms with E-state index in [9.17, 15) is 0 Å². The fourth-order valence-electron chi connectivity index (χ4n) is 3.45. The minimum absolute atomic E-state index is 0.681. The van der Waals surface area contributed by atoms with Gasteiger partial charge < -0.3 is 10.2 Å². The number of rotatable bonds is 3. The van der Waals surface area contributed by atoms with E-state index in [2.05, 4.69) is 40.1 Å². The first-order valence-electron chi connectivity index (χ1n) is 7.74. The quantitative estimate of drug-likeness (QED) is 0.910. The molecule has 110 valence electrons. The van der Waals surface area contributed by atoms with Crippen molar-refractivity contribution in [2.75, 3.05) is 37.4 Å². The van der Waals surface area contributed by atoms with Gasteiger partial charge in [-0.3, -0.25) is 4.90 Å². The Morgan fingerprint density at radius 3 is 2.80 bits per heavy atom. The average molecular weight is 275 g/mol. The van der Waals surface area contributed by atoms with E-state index in [1.165, 1.54) is 19.3 Å². The summed E-state index contributed by atoms with van der Waals surface area (Å²) < 4.78 is 0. The molecule has 3 rings (SSSR count). The highest BCUT2D eigenvalue weighted by atomic mass is 15.3. The van der Waals surface area contributed by atoms with Gasteiger partial charge in [0, 0.05) is 44.7 Å². The summed E-state index contributed by atoms with van der Waals surface area (Å²) in [5.74, 6) is 2.94. The molecule has 0 aliphatic carbocycles. The Balaban J connectivity index is 1.85. The van der Waals surface area contributed by atoms with E-state index in [-0.39, 0.29) is 0 Å². The van der Waals surface area contributed by atoms with Crippen molar-refractivity contribution in [2.24, 2.45) is 0 Å². The largest absolute Gasteiger partial charge is 0.373 e. The molecule has 2 bridgehead atoms. The number of nitrogens with one attached hydrogen (secondary N) is 1. The molecule has 3 heterocycles. The molecule has 2 fully saturated rings. The topological polar surface area (TPSA) is 44.3 Å². The van der Waals surface area contributed by atoms with Crippen molar-refractivity contribution in [1.82, 2.24) is 14.9 Å². The molecule has 2 aliphatic heterocycles. The number of aryl methyl sites for hydroxylation is 1. The molecule has 0 aromatic carbocycles. The summed E-state index contributed by atoms with van der Waals surface area (Å²) in [6, 6.07) is 3.53. The van der Waals surface area contributed by atoms with Gasteiger partial charge in [0.15, 0.2) is 0 Å². The SMILES string of the molecule is CCc1nc(NC)cc(N2CCC3CCC(C2)N3C)n1. The van der Waals surface area contributed by atoms with Gasteiger partial charge >= 0.3 is 0 Å². The van der Waals surface area contributed by atoms with Crippen LogP contribution < -0.4 is 10.2 Å². The maximum Gasteiger partial charge on any atom is 0.134 e. The van der Waals surface area contributed by atoms with Crippen LogP contribution in [0.15, 0.2) is 6.07 Å². The molecule has 0 spiro atoms. The summed E-state index contributed by atoms with van der Waals surface area (Å²) in [5.41, 5.74) is 0. The van der Waals surface area contributed by atoms with Crippen LogP contribution >= 0.6 is 0 Å². The third-order valence-electron chi connectivity index (χ3n) is 4.80. The van der Waals surface area contributed by atoms with Crippen LogP contribution in [0.4, 0.5) is 11.6 Å². The Labute approximate surface area is 121 Å². The van der Waals surface area contributed by atoms with Gasteiger partial charge in [-0.05, 0) is 26.3 Å². The Morgan fingerprint density at radius 1 is 1.25 bits per heavy atom. The highest BCUT2D eigenvalue weighted by molar-refractivity contribution is 5.49. The van der Waals surface area contributed by atoms with Gasteiger partial charge in [0.05, 0.1) is 0 Å². The van der Waals surface area contributed by atoms with Crippen molar-refractivity contribution < 1.29 is 0 Å². The molecule has 2 unspecified atom stereocenters. The zero-order valence-electron chi connectivity index (χ0n) is 12.8. The van der Waals surface area contributed by atoms with Crippen LogP contribution in [0, 0.1) is 0 Å². The van der Waals surface area contributed by atoms with Crippen LogP contribution in [0.1, 0.15) is 32.0 Å². The molecule has 1 N–H and O–H groups in total. The summed E-state index contributed by atoms with van der Waals surface area (Å²) in [6.07, 6.45) is 4.80. The van der Waals surface area contributed by atoms with Crippen LogP contribution in [0.2, 0.25) is 0 Å². The third kappa shape index (κ3) is 2.46. The molecule has 20 heavy (non-hydrogen) atoms. The number of aromatic nitrogens is 2. The molecule has 0 radical (unpaired) electrons. The van der Waals surface area contributed by atoms with Gasteiger partial charge in [-0.1, -0.05) is 6.92 Å². The minimum atomic E-state index is 0.681. The van der Waals surface area contributed by atoms with Crippen LogP contribution in [0.3, 0.4) is 0 Å². The van der Waals surface area contributed by atoms with Crippen LogP contribution in [-0.2, 0) is 6.42 Å². The van der Waals surface area contributed by atoms with Crippen LogP contribution in [-0.4, -0.2) is 54.1 Å². The zero-order valence-corrected chi connectivity index (χ0v) is 12.8. The molecule has 2 atom stereocenters. The third-order valence-corrected chi connectivity index (χ3v) is 4.80. The number of nitrogens with zero attached hydrogens (tertiary/aromatic N) is 4. The number of fused-ring (bicyclic) bond motifs is 2. The molecular formula is C15H25N5. The van der Waals surface area contributed by atoms with E-state index >= 15 is 0 Å². The maximum absolute atomic E-state index is 4.73. The van der Waals surface area contributed by atoms with E-state index in [0.717, 1.165) is 43.0 Å². The summed E-state index contributed by atoms with van der Waals surface area (Å²) in [7, 11) is 4.20. The minimum Gasteiger partial charge on any atom is -0.373 e. The number of likely N-dealkylation sites (N-methyl/N-ethyl adjacent to an activating group) is 1. The lowest BCUT2D eigenvalue weighted by Crippen LogP contribution is -2.37. The standard InChI is InChI=1S/C15H25N5/c1-4-13-17-14(16-2)9-15(18-13)20-8-7-11-5-6-12(10-20)19(11)3/h9,11-12H,4-8,10H2,1-3H3,(H,16,17,18). The summed E-state index contributed by atoms with van der Waals surface area (Å²) in [6.45, 7) is 4.31. The predicted octanol–water partition coefficient (Wildman–Crippen LogP) is 1.75. The van der Waals surface area contributed by atoms with Gasteiger partial charge in [0.25, 0.3) is 0 Å². The molecule has 1 aromatic heterocycles.